The van der Waals surface area contributed by atoms with Crippen LogP contribution in [0.3, 0.4) is 0 Å². The van der Waals surface area contributed by atoms with Gasteiger partial charge in [0.2, 0.25) is 5.91 Å². The Kier molecular flexibility index (Phi) is 3.76. The Balaban J connectivity index is 1.38. The Bertz CT molecular complexity index is 1360. The first-order chi connectivity index (χ1) is 15.1. The summed E-state index contributed by atoms with van der Waals surface area (Å²) in [4.78, 5) is 12.9. The predicted octanol–water partition coefficient (Wildman–Crippen LogP) is 4.11. The van der Waals surface area contributed by atoms with Crippen molar-refractivity contribution in [3.8, 4) is 17.0 Å². The Labute approximate surface area is 178 Å². The number of nitrogens with zero attached hydrogens (tertiary/aromatic N) is 1. The maximum absolute atomic E-state index is 12.9. The third kappa shape index (κ3) is 2.55. The molecule has 3 N–H and O–H groups in total. The van der Waals surface area contributed by atoms with Crippen LogP contribution < -0.4 is 10.1 Å². The highest BCUT2D eigenvalue weighted by atomic mass is 16.5. The van der Waals surface area contributed by atoms with Crippen LogP contribution in [0, 0.1) is 0 Å². The fraction of sp³-hybridized carbons (Fsp3) is 0.200. The van der Waals surface area contributed by atoms with Gasteiger partial charge in [0.25, 0.3) is 0 Å². The molecular formula is C25H21N3O3. The van der Waals surface area contributed by atoms with Gasteiger partial charge in [-0.25, -0.2) is 0 Å². The summed E-state index contributed by atoms with van der Waals surface area (Å²) >= 11 is 0. The number of hydrogen-bond acceptors (Lipinski definition) is 4. The molecule has 2 heterocycles. The molecule has 1 aromatic heterocycles. The molecule has 6 heteroatoms. The predicted molar refractivity (Wildman–Crippen MR) is 118 cm³/mol. The number of carbonyl (C=O) groups excluding carboxylic acids is 1. The van der Waals surface area contributed by atoms with Crippen molar-refractivity contribution in [1.29, 1.82) is 0 Å². The molecule has 6 nitrogen and oxygen atoms in total. The molecule has 4 aromatic rings. The molecule has 0 radical (unpaired) electrons. The Hall–Kier alpha value is -3.64. The number of benzene rings is 3. The van der Waals surface area contributed by atoms with Gasteiger partial charge in [-0.3, -0.25) is 9.89 Å². The van der Waals surface area contributed by atoms with E-state index in [0.29, 0.717) is 0 Å². The lowest BCUT2D eigenvalue weighted by Crippen LogP contribution is -2.21. The Morgan fingerprint density at radius 3 is 2.90 bits per heavy atom. The molecule has 1 fully saturated rings. The summed E-state index contributed by atoms with van der Waals surface area (Å²) in [6.07, 6.45) is 0.782. The number of aromatic nitrogens is 2. The van der Waals surface area contributed by atoms with E-state index in [9.17, 15) is 9.90 Å². The summed E-state index contributed by atoms with van der Waals surface area (Å²) in [5.74, 6) is 0.945. The molecule has 1 amide bonds. The number of aliphatic hydroxyl groups is 1. The number of methoxy groups -OCH3 is 1. The largest absolute Gasteiger partial charge is 0.497 e. The molecule has 6 rings (SSSR count). The molecule has 2 aliphatic rings. The second-order valence-corrected chi connectivity index (χ2v) is 8.33. The maximum Gasteiger partial charge on any atom is 0.235 e. The topological polar surface area (TPSA) is 87.2 Å². The number of aromatic amines is 1. The average Bonchev–Trinajstić information content (AvgIpc) is 3.33. The van der Waals surface area contributed by atoms with E-state index < -0.39 is 5.41 Å². The molecular weight excluding hydrogens is 390 g/mol. The van der Waals surface area contributed by atoms with E-state index >= 15 is 0 Å². The minimum absolute atomic E-state index is 0.00156. The minimum Gasteiger partial charge on any atom is -0.497 e. The van der Waals surface area contributed by atoms with E-state index in [4.69, 9.17) is 4.74 Å². The summed E-state index contributed by atoms with van der Waals surface area (Å²) in [6, 6.07) is 19.8. The third-order valence-corrected chi connectivity index (χ3v) is 6.69. The van der Waals surface area contributed by atoms with Crippen molar-refractivity contribution in [2.24, 2.45) is 0 Å². The van der Waals surface area contributed by atoms with Crippen molar-refractivity contribution in [2.75, 3.05) is 12.4 Å². The SMILES string of the molecule is COc1ccc2c(c1)[C@]1(C[C@H]1c1ccc3c(-c4cccc(CO)c4)n[nH]c3c1)C(=O)N2. The minimum atomic E-state index is -0.518. The molecule has 3 aromatic carbocycles. The summed E-state index contributed by atoms with van der Waals surface area (Å²) in [5, 5.41) is 21.2. The quantitative estimate of drug-likeness (QED) is 0.472. The van der Waals surface area contributed by atoms with Gasteiger partial charge in [-0.2, -0.15) is 5.10 Å². The van der Waals surface area contributed by atoms with Crippen molar-refractivity contribution in [3.63, 3.8) is 0 Å². The molecule has 31 heavy (non-hydrogen) atoms. The number of rotatable bonds is 4. The van der Waals surface area contributed by atoms with E-state index in [1.54, 1.807) is 7.11 Å². The smallest absolute Gasteiger partial charge is 0.235 e. The number of anilines is 1. The van der Waals surface area contributed by atoms with Crippen molar-refractivity contribution in [2.45, 2.75) is 24.4 Å². The third-order valence-electron chi connectivity index (χ3n) is 6.69. The lowest BCUT2D eigenvalue weighted by atomic mass is 9.91. The van der Waals surface area contributed by atoms with E-state index in [1.165, 1.54) is 0 Å². The monoisotopic (exact) mass is 411 g/mol. The molecule has 154 valence electrons. The first kappa shape index (κ1) is 18.2. The van der Waals surface area contributed by atoms with E-state index in [1.807, 2.05) is 42.5 Å². The van der Waals surface area contributed by atoms with Gasteiger partial charge in [-0.05, 0) is 53.4 Å². The zero-order valence-electron chi connectivity index (χ0n) is 17.0. The van der Waals surface area contributed by atoms with Crippen LogP contribution in [0.2, 0.25) is 0 Å². The molecule has 0 unspecified atom stereocenters. The van der Waals surface area contributed by atoms with Crippen molar-refractivity contribution in [1.82, 2.24) is 10.2 Å². The molecule has 1 spiro atoms. The van der Waals surface area contributed by atoms with Crippen LogP contribution in [0.5, 0.6) is 5.75 Å². The van der Waals surface area contributed by atoms with E-state index in [-0.39, 0.29) is 18.4 Å². The number of amides is 1. The van der Waals surface area contributed by atoms with Gasteiger partial charge < -0.3 is 15.2 Å². The number of nitrogens with one attached hydrogen (secondary N) is 2. The lowest BCUT2D eigenvalue weighted by molar-refractivity contribution is -0.118. The summed E-state index contributed by atoms with van der Waals surface area (Å²) < 4.78 is 5.39. The number of aliphatic hydroxyl groups excluding tert-OH is 1. The number of carbonyl (C=O) groups is 1. The highest BCUT2D eigenvalue weighted by Gasteiger charge is 2.65. The second kappa shape index (κ2) is 6.43. The van der Waals surface area contributed by atoms with Crippen LogP contribution in [0.4, 0.5) is 5.69 Å². The molecule has 0 saturated heterocycles. The maximum atomic E-state index is 12.9. The summed E-state index contributed by atoms with van der Waals surface area (Å²) in [7, 11) is 1.64. The van der Waals surface area contributed by atoms with Crippen LogP contribution in [-0.4, -0.2) is 28.3 Å². The Morgan fingerprint density at radius 1 is 1.16 bits per heavy atom. The van der Waals surface area contributed by atoms with Crippen molar-refractivity contribution < 1.29 is 14.6 Å². The number of hydrogen-bond donors (Lipinski definition) is 3. The molecule has 1 saturated carbocycles. The van der Waals surface area contributed by atoms with Gasteiger partial charge in [-0.15, -0.1) is 0 Å². The zero-order chi connectivity index (χ0) is 21.2. The second-order valence-electron chi connectivity index (χ2n) is 8.33. The number of H-pyrrole nitrogens is 1. The van der Waals surface area contributed by atoms with Gasteiger partial charge in [0.05, 0.1) is 30.3 Å². The summed E-state index contributed by atoms with van der Waals surface area (Å²) in [6.45, 7) is -0.00156. The van der Waals surface area contributed by atoms with E-state index in [2.05, 4.69) is 33.7 Å². The van der Waals surface area contributed by atoms with Crippen molar-refractivity contribution >= 4 is 22.5 Å². The van der Waals surface area contributed by atoms with E-state index in [0.717, 1.165) is 56.7 Å². The molecule has 2 atom stereocenters. The first-order valence-electron chi connectivity index (χ1n) is 10.3. The first-order valence-corrected chi connectivity index (χ1v) is 10.3. The van der Waals surface area contributed by atoms with Gasteiger partial charge >= 0.3 is 0 Å². The normalized spacial score (nSPS) is 21.4. The number of ether oxygens (including phenoxy) is 1. The Morgan fingerprint density at radius 2 is 2.06 bits per heavy atom. The fourth-order valence-electron chi connectivity index (χ4n) is 4.99. The van der Waals surface area contributed by atoms with Gasteiger partial charge in [0.1, 0.15) is 5.75 Å². The lowest BCUT2D eigenvalue weighted by Gasteiger charge is -2.10. The van der Waals surface area contributed by atoms with Gasteiger partial charge in [0, 0.05) is 22.6 Å². The highest BCUT2D eigenvalue weighted by Crippen LogP contribution is 2.65. The van der Waals surface area contributed by atoms with Gasteiger partial charge in [0.15, 0.2) is 0 Å². The molecule has 0 bridgehead atoms. The van der Waals surface area contributed by atoms with Crippen LogP contribution >= 0.6 is 0 Å². The van der Waals surface area contributed by atoms with Crippen LogP contribution in [0.25, 0.3) is 22.2 Å². The van der Waals surface area contributed by atoms with Crippen LogP contribution in [-0.2, 0) is 16.8 Å². The van der Waals surface area contributed by atoms with Gasteiger partial charge in [-0.1, -0.05) is 30.3 Å². The fourth-order valence-corrected chi connectivity index (χ4v) is 4.99. The summed E-state index contributed by atoms with van der Waals surface area (Å²) in [5.41, 5.74) is 6.11. The average molecular weight is 411 g/mol. The molecule has 1 aliphatic carbocycles. The number of fused-ring (bicyclic) bond motifs is 3. The van der Waals surface area contributed by atoms with Crippen LogP contribution in [0.1, 0.15) is 29.0 Å². The standard InChI is InChI=1S/C25H21N3O3/c1-31-17-6-8-21-19(11-17)25(24(30)26-21)12-20(25)15-5-7-18-22(10-15)27-28-23(18)16-4-2-3-14(9-16)13-29/h2-11,20,29H,12-13H2,1H3,(H,26,30)(H,27,28)/t20-,25-/m0/s1. The zero-order valence-corrected chi connectivity index (χ0v) is 17.0. The van der Waals surface area contributed by atoms with Crippen molar-refractivity contribution in [3.05, 3.63) is 77.4 Å². The highest BCUT2D eigenvalue weighted by molar-refractivity contribution is 6.10. The molecule has 1 aliphatic heterocycles. The van der Waals surface area contributed by atoms with Crippen LogP contribution in [0.15, 0.2) is 60.7 Å².